The van der Waals surface area contributed by atoms with Crippen molar-refractivity contribution < 1.29 is 34.4 Å². The van der Waals surface area contributed by atoms with Crippen molar-refractivity contribution in [1.82, 2.24) is 0 Å². The maximum atomic E-state index is 10.1. The van der Waals surface area contributed by atoms with Gasteiger partial charge in [-0.2, -0.15) is 0 Å². The molecule has 0 saturated carbocycles. The zero-order valence-corrected chi connectivity index (χ0v) is 13.1. The Kier molecular flexibility index (Phi) is 8.61. The van der Waals surface area contributed by atoms with Gasteiger partial charge in [0.1, 0.15) is 32.3 Å². The van der Waals surface area contributed by atoms with Crippen molar-refractivity contribution in [2.75, 3.05) is 53.7 Å². The summed E-state index contributed by atoms with van der Waals surface area (Å²) in [7, 11) is 3.07. The van der Waals surface area contributed by atoms with Crippen molar-refractivity contribution in [2.24, 2.45) is 0 Å². The second kappa shape index (κ2) is 10.2. The number of hydrogen-bond donors (Lipinski definition) is 4. The molecule has 0 heterocycles. The summed E-state index contributed by atoms with van der Waals surface area (Å²) in [5.41, 5.74) is 0. The molecule has 0 saturated heterocycles. The number of hydrogen-bond acceptors (Lipinski definition) is 6. The minimum Gasteiger partial charge on any atom is -0.493 e. The Bertz CT molecular complexity index is 400. The van der Waals surface area contributed by atoms with Crippen LogP contribution in [0.2, 0.25) is 0 Å². The van der Waals surface area contributed by atoms with Crippen LogP contribution in [0.4, 0.5) is 0 Å². The number of methoxy groups -OCH3 is 2. The zero-order valence-electron chi connectivity index (χ0n) is 13.1. The van der Waals surface area contributed by atoms with Gasteiger partial charge in [-0.15, -0.1) is 0 Å². The second-order valence-corrected chi connectivity index (χ2v) is 4.86. The van der Waals surface area contributed by atoms with Crippen LogP contribution in [-0.4, -0.2) is 75.1 Å². The number of rotatable bonds is 11. The third-order valence-corrected chi connectivity index (χ3v) is 3.26. The molecule has 1 aromatic carbocycles. The highest BCUT2D eigenvalue weighted by molar-refractivity contribution is 5.51. The van der Waals surface area contributed by atoms with Crippen LogP contribution in [0.25, 0.3) is 0 Å². The first-order chi connectivity index (χ1) is 10.7. The number of aliphatic hydroxyl groups excluding tert-OH is 3. The molecule has 0 radical (unpaired) electrons. The van der Waals surface area contributed by atoms with Gasteiger partial charge in [-0.3, -0.25) is 0 Å². The molecule has 0 spiro atoms. The minimum absolute atomic E-state index is 0.00322. The van der Waals surface area contributed by atoms with Gasteiger partial charge < -0.3 is 34.4 Å². The van der Waals surface area contributed by atoms with Gasteiger partial charge in [0.2, 0.25) is 5.75 Å². The van der Waals surface area contributed by atoms with Crippen LogP contribution in [0.5, 0.6) is 17.2 Å². The fraction of sp³-hybridized carbons (Fsp3) is 0.600. The molecular weight excluding hydrogens is 290 g/mol. The predicted molar refractivity (Wildman–Crippen MR) is 80.8 cm³/mol. The van der Waals surface area contributed by atoms with Crippen LogP contribution < -0.4 is 19.1 Å². The molecule has 126 valence electrons. The minimum atomic E-state index is -0.734. The maximum absolute atomic E-state index is 10.1. The third-order valence-electron chi connectivity index (χ3n) is 3.26. The first kappa shape index (κ1) is 18.5. The number of nitrogens with one attached hydrogen (secondary N) is 1. The lowest BCUT2D eigenvalue weighted by Gasteiger charge is -2.21. The molecule has 0 aliphatic heterocycles. The largest absolute Gasteiger partial charge is 0.493 e. The first-order valence-corrected chi connectivity index (χ1v) is 7.23. The fourth-order valence-corrected chi connectivity index (χ4v) is 2.18. The summed E-state index contributed by atoms with van der Waals surface area (Å²) in [6, 6.07) is 5.29. The molecule has 0 amide bonds. The highest BCUT2D eigenvalue weighted by Crippen LogP contribution is 2.36. The van der Waals surface area contributed by atoms with E-state index in [4.69, 9.17) is 24.4 Å². The molecule has 0 unspecified atom stereocenters. The van der Waals surface area contributed by atoms with E-state index >= 15 is 0 Å². The summed E-state index contributed by atoms with van der Waals surface area (Å²) in [6.45, 7) is 1.38. The highest BCUT2D eigenvalue weighted by atomic mass is 16.5. The normalized spacial score (nSPS) is 12.3. The molecule has 0 aromatic heterocycles. The van der Waals surface area contributed by atoms with E-state index < -0.39 is 6.10 Å². The van der Waals surface area contributed by atoms with Crippen molar-refractivity contribution in [3.63, 3.8) is 0 Å². The van der Waals surface area contributed by atoms with E-state index in [2.05, 4.69) is 0 Å². The van der Waals surface area contributed by atoms with Crippen molar-refractivity contribution >= 4 is 0 Å². The summed E-state index contributed by atoms with van der Waals surface area (Å²) in [6.07, 6.45) is -0.734. The average molecular weight is 316 g/mol. The van der Waals surface area contributed by atoms with Gasteiger partial charge in [0.25, 0.3) is 0 Å². The zero-order chi connectivity index (χ0) is 16.4. The average Bonchev–Trinajstić information content (AvgIpc) is 2.52. The van der Waals surface area contributed by atoms with Gasteiger partial charge in [0.05, 0.1) is 27.4 Å². The number of para-hydroxylation sites is 1. The molecule has 7 nitrogen and oxygen atoms in total. The summed E-state index contributed by atoms with van der Waals surface area (Å²) in [5.74, 6) is 1.50. The van der Waals surface area contributed by atoms with Crippen LogP contribution in [0.15, 0.2) is 18.2 Å². The van der Waals surface area contributed by atoms with Crippen molar-refractivity contribution in [2.45, 2.75) is 6.10 Å². The second-order valence-electron chi connectivity index (χ2n) is 4.86. The fourth-order valence-electron chi connectivity index (χ4n) is 2.18. The molecule has 0 aliphatic carbocycles. The van der Waals surface area contributed by atoms with E-state index in [0.29, 0.717) is 36.9 Å². The van der Waals surface area contributed by atoms with Gasteiger partial charge in [0, 0.05) is 0 Å². The lowest BCUT2D eigenvalue weighted by molar-refractivity contribution is -0.903. The molecule has 0 fully saturated rings. The molecule has 1 atom stereocenters. The Morgan fingerprint density at radius 3 is 2.05 bits per heavy atom. The lowest BCUT2D eigenvalue weighted by Crippen LogP contribution is -3.14. The molecule has 4 N–H and O–H groups in total. The molecule has 22 heavy (non-hydrogen) atoms. The number of quaternary nitrogens is 1. The predicted octanol–water partition coefficient (Wildman–Crippen LogP) is -1.69. The number of aliphatic hydroxyl groups is 3. The summed E-state index contributed by atoms with van der Waals surface area (Å²) < 4.78 is 16.1. The molecular formula is C15H26NO6+. The summed E-state index contributed by atoms with van der Waals surface area (Å²) in [4.78, 5) is 0.910. The SMILES string of the molecule is COc1cccc(OC)c1OC[C@@H](O)C[NH+](CCO)CCO. The maximum Gasteiger partial charge on any atom is 0.203 e. The van der Waals surface area contributed by atoms with E-state index in [-0.39, 0.29) is 19.8 Å². The Morgan fingerprint density at radius 1 is 1.05 bits per heavy atom. The van der Waals surface area contributed by atoms with Crippen LogP contribution in [0, 0.1) is 0 Å². The Labute approximate surface area is 130 Å². The van der Waals surface area contributed by atoms with E-state index in [1.165, 1.54) is 14.2 Å². The lowest BCUT2D eigenvalue weighted by atomic mass is 10.3. The molecule has 7 heteroatoms. The van der Waals surface area contributed by atoms with Crippen molar-refractivity contribution in [1.29, 1.82) is 0 Å². The van der Waals surface area contributed by atoms with Crippen LogP contribution >= 0.6 is 0 Å². The first-order valence-electron chi connectivity index (χ1n) is 7.23. The van der Waals surface area contributed by atoms with Gasteiger partial charge in [0.15, 0.2) is 11.5 Å². The van der Waals surface area contributed by atoms with Crippen LogP contribution in [0.3, 0.4) is 0 Å². The third kappa shape index (κ3) is 5.69. The molecule has 0 aliphatic rings. The quantitative estimate of drug-likeness (QED) is 0.389. The highest BCUT2D eigenvalue weighted by Gasteiger charge is 2.17. The monoisotopic (exact) mass is 316 g/mol. The standard InChI is InChI=1S/C15H25NO6/c1-20-13-4-3-5-14(21-2)15(13)22-11-12(19)10-16(6-8-17)7-9-18/h3-5,12,17-19H,6-11H2,1-2H3/p+1/t12-/m0/s1. The van der Waals surface area contributed by atoms with Gasteiger partial charge in [-0.25, -0.2) is 0 Å². The Balaban J connectivity index is 2.61. The van der Waals surface area contributed by atoms with E-state index in [0.717, 1.165) is 4.90 Å². The molecule has 1 rings (SSSR count). The number of ether oxygens (including phenoxy) is 3. The Hall–Kier alpha value is -1.54. The van der Waals surface area contributed by atoms with Crippen molar-refractivity contribution in [3.05, 3.63) is 18.2 Å². The van der Waals surface area contributed by atoms with Crippen LogP contribution in [-0.2, 0) is 0 Å². The topological polar surface area (TPSA) is 92.8 Å². The summed E-state index contributed by atoms with van der Waals surface area (Å²) >= 11 is 0. The van der Waals surface area contributed by atoms with Gasteiger partial charge in [-0.1, -0.05) is 6.07 Å². The van der Waals surface area contributed by atoms with Gasteiger partial charge >= 0.3 is 0 Å². The van der Waals surface area contributed by atoms with E-state index in [1.807, 2.05) is 0 Å². The van der Waals surface area contributed by atoms with E-state index in [1.54, 1.807) is 18.2 Å². The van der Waals surface area contributed by atoms with Crippen LogP contribution in [0.1, 0.15) is 0 Å². The smallest absolute Gasteiger partial charge is 0.203 e. The van der Waals surface area contributed by atoms with Gasteiger partial charge in [-0.05, 0) is 12.1 Å². The molecule has 0 bridgehead atoms. The molecule has 1 aromatic rings. The Morgan fingerprint density at radius 2 is 1.59 bits per heavy atom. The summed E-state index contributed by atoms with van der Waals surface area (Å²) in [5, 5.41) is 28.0. The number of benzene rings is 1. The van der Waals surface area contributed by atoms with E-state index in [9.17, 15) is 5.11 Å². The van der Waals surface area contributed by atoms with Crippen molar-refractivity contribution in [3.8, 4) is 17.2 Å².